The van der Waals surface area contributed by atoms with Crippen molar-refractivity contribution in [2.45, 2.75) is 19.8 Å². The minimum absolute atomic E-state index is 0.655. The van der Waals surface area contributed by atoms with Crippen LogP contribution in [-0.4, -0.2) is 9.55 Å². The first-order valence-corrected chi connectivity index (χ1v) is 6.60. The zero-order valence-electron chi connectivity index (χ0n) is 10.1. The van der Waals surface area contributed by atoms with Crippen LogP contribution in [0.3, 0.4) is 0 Å². The van der Waals surface area contributed by atoms with Gasteiger partial charge in [0.25, 0.3) is 0 Å². The summed E-state index contributed by atoms with van der Waals surface area (Å²) in [6, 6.07) is 5.60. The van der Waals surface area contributed by atoms with Gasteiger partial charge >= 0.3 is 0 Å². The molecule has 94 valence electrons. The highest BCUT2D eigenvalue weighted by atomic mass is 35.5. The Hall–Kier alpha value is -1.25. The van der Waals surface area contributed by atoms with Crippen molar-refractivity contribution >= 4 is 35.0 Å². The lowest BCUT2D eigenvalue weighted by Gasteiger charge is -2.09. The molecule has 0 unspecified atom stereocenters. The third-order valence-corrected chi connectivity index (χ3v) is 3.17. The van der Waals surface area contributed by atoms with Crippen molar-refractivity contribution in [3.05, 3.63) is 52.5 Å². The number of imidazole rings is 1. The maximum atomic E-state index is 6.25. The summed E-state index contributed by atoms with van der Waals surface area (Å²) in [5, 5.41) is 1.34. The van der Waals surface area contributed by atoms with Crippen molar-refractivity contribution in [3.63, 3.8) is 0 Å². The number of hydrogen-bond donors (Lipinski definition) is 0. The second-order valence-electron chi connectivity index (χ2n) is 4.04. The van der Waals surface area contributed by atoms with E-state index < -0.39 is 0 Å². The predicted octanol–water partition coefficient (Wildman–Crippen LogP) is 4.99. The fraction of sp³-hybridized carbons (Fsp3) is 0.214. The number of hydrogen-bond acceptors (Lipinski definition) is 1. The fourth-order valence-corrected chi connectivity index (χ4v) is 2.34. The molecule has 1 aromatic heterocycles. The Morgan fingerprint density at radius 3 is 2.83 bits per heavy atom. The van der Waals surface area contributed by atoms with Gasteiger partial charge in [-0.2, -0.15) is 0 Å². The molecular weight excluding hydrogens is 267 g/mol. The van der Waals surface area contributed by atoms with Crippen molar-refractivity contribution in [1.29, 1.82) is 0 Å². The molecule has 2 nitrogen and oxygen atoms in total. The number of halogens is 2. The molecule has 18 heavy (non-hydrogen) atoms. The van der Waals surface area contributed by atoms with E-state index in [0.29, 0.717) is 10.0 Å². The molecule has 0 saturated heterocycles. The summed E-state index contributed by atoms with van der Waals surface area (Å²) in [7, 11) is 0. The van der Waals surface area contributed by atoms with E-state index in [1.165, 1.54) is 5.57 Å². The highest BCUT2D eigenvalue weighted by Gasteiger charge is 2.07. The van der Waals surface area contributed by atoms with Crippen LogP contribution in [0.4, 0.5) is 0 Å². The average molecular weight is 281 g/mol. The molecule has 1 aromatic carbocycles. The van der Waals surface area contributed by atoms with Crippen LogP contribution in [0.15, 0.2) is 36.9 Å². The summed E-state index contributed by atoms with van der Waals surface area (Å²) in [5.74, 6) is 0. The van der Waals surface area contributed by atoms with Crippen LogP contribution in [0, 0.1) is 0 Å². The van der Waals surface area contributed by atoms with Gasteiger partial charge < -0.3 is 4.57 Å². The average Bonchev–Trinajstić information content (AvgIpc) is 2.81. The SMILES string of the molecule is CCC/C(=C\n1ccnc1)c1ccc(Cl)cc1Cl. The van der Waals surface area contributed by atoms with Crippen molar-refractivity contribution in [2.75, 3.05) is 0 Å². The Morgan fingerprint density at radius 2 is 2.22 bits per heavy atom. The van der Waals surface area contributed by atoms with Crippen LogP contribution in [0.5, 0.6) is 0 Å². The molecule has 0 fully saturated rings. The lowest BCUT2D eigenvalue weighted by molar-refractivity contribution is 0.970. The number of rotatable bonds is 4. The fourth-order valence-electron chi connectivity index (χ4n) is 1.81. The molecule has 1 heterocycles. The van der Waals surface area contributed by atoms with Crippen molar-refractivity contribution in [2.24, 2.45) is 0 Å². The van der Waals surface area contributed by atoms with Gasteiger partial charge in [-0.1, -0.05) is 42.6 Å². The summed E-state index contributed by atoms with van der Waals surface area (Å²) in [6.45, 7) is 2.14. The van der Waals surface area contributed by atoms with Crippen LogP contribution in [0.1, 0.15) is 25.3 Å². The van der Waals surface area contributed by atoms with Gasteiger partial charge in [0.2, 0.25) is 0 Å². The smallest absolute Gasteiger partial charge is 0.0986 e. The lowest BCUT2D eigenvalue weighted by Crippen LogP contribution is -1.90. The minimum Gasteiger partial charge on any atom is -0.313 e. The van der Waals surface area contributed by atoms with Gasteiger partial charge in [0.15, 0.2) is 0 Å². The first-order valence-electron chi connectivity index (χ1n) is 5.84. The first-order chi connectivity index (χ1) is 8.70. The molecule has 0 aliphatic heterocycles. The third kappa shape index (κ3) is 3.15. The highest BCUT2D eigenvalue weighted by molar-refractivity contribution is 6.35. The lowest BCUT2D eigenvalue weighted by atomic mass is 10.0. The second-order valence-corrected chi connectivity index (χ2v) is 4.88. The molecule has 4 heteroatoms. The monoisotopic (exact) mass is 280 g/mol. The number of nitrogens with zero attached hydrogens (tertiary/aromatic N) is 2. The Labute approximate surface area is 117 Å². The Kier molecular flexibility index (Phi) is 4.45. The normalized spacial score (nSPS) is 11.8. The third-order valence-electron chi connectivity index (χ3n) is 2.63. The molecule has 2 aromatic rings. The van der Waals surface area contributed by atoms with Gasteiger partial charge in [-0.15, -0.1) is 0 Å². The predicted molar refractivity (Wildman–Crippen MR) is 77.8 cm³/mol. The maximum absolute atomic E-state index is 6.25. The zero-order valence-corrected chi connectivity index (χ0v) is 11.6. The van der Waals surface area contributed by atoms with Gasteiger partial charge in [-0.05, 0) is 29.7 Å². The molecule has 0 aliphatic rings. The van der Waals surface area contributed by atoms with E-state index in [-0.39, 0.29) is 0 Å². The highest BCUT2D eigenvalue weighted by Crippen LogP contribution is 2.30. The number of allylic oxidation sites excluding steroid dienone is 1. The van der Waals surface area contributed by atoms with Crippen LogP contribution in [-0.2, 0) is 0 Å². The molecule has 0 saturated carbocycles. The van der Waals surface area contributed by atoms with E-state index >= 15 is 0 Å². The van der Waals surface area contributed by atoms with E-state index in [0.717, 1.165) is 18.4 Å². The van der Waals surface area contributed by atoms with Gasteiger partial charge in [0.1, 0.15) is 0 Å². The van der Waals surface area contributed by atoms with E-state index in [4.69, 9.17) is 23.2 Å². The molecule has 0 radical (unpaired) electrons. The molecule has 0 spiro atoms. The first kappa shape index (κ1) is 13.2. The zero-order chi connectivity index (χ0) is 13.0. The summed E-state index contributed by atoms with van der Waals surface area (Å²) in [6.07, 6.45) is 9.48. The van der Waals surface area contributed by atoms with E-state index in [1.54, 1.807) is 18.6 Å². The second kappa shape index (κ2) is 6.07. The van der Waals surface area contributed by atoms with Gasteiger partial charge in [0, 0.05) is 28.6 Å². The molecule has 0 aliphatic carbocycles. The topological polar surface area (TPSA) is 17.8 Å². The molecule has 0 amide bonds. The van der Waals surface area contributed by atoms with Crippen molar-refractivity contribution in [3.8, 4) is 0 Å². The van der Waals surface area contributed by atoms with E-state index in [1.807, 2.05) is 29.1 Å². The standard InChI is InChI=1S/C14H14Cl2N2/c1-2-3-11(9-18-7-6-17-10-18)13-5-4-12(15)8-14(13)16/h4-10H,2-3H2,1H3/b11-9+. The summed E-state index contributed by atoms with van der Waals surface area (Å²) >= 11 is 12.2. The number of aromatic nitrogens is 2. The van der Waals surface area contributed by atoms with E-state index in [9.17, 15) is 0 Å². The summed E-state index contributed by atoms with van der Waals surface area (Å²) in [5.41, 5.74) is 2.20. The van der Waals surface area contributed by atoms with Gasteiger partial charge in [0.05, 0.1) is 6.33 Å². The summed E-state index contributed by atoms with van der Waals surface area (Å²) in [4.78, 5) is 4.03. The van der Waals surface area contributed by atoms with Crippen LogP contribution < -0.4 is 0 Å². The molecule has 0 bridgehead atoms. The Balaban J connectivity index is 2.41. The molecule has 2 rings (SSSR count). The van der Waals surface area contributed by atoms with Crippen LogP contribution in [0.25, 0.3) is 11.8 Å². The number of benzene rings is 1. The quantitative estimate of drug-likeness (QED) is 0.772. The van der Waals surface area contributed by atoms with Gasteiger partial charge in [-0.25, -0.2) is 4.98 Å². The largest absolute Gasteiger partial charge is 0.313 e. The molecule has 0 N–H and O–H groups in total. The molecule has 0 atom stereocenters. The Morgan fingerprint density at radius 1 is 1.39 bits per heavy atom. The van der Waals surface area contributed by atoms with E-state index in [2.05, 4.69) is 11.9 Å². The van der Waals surface area contributed by atoms with Gasteiger partial charge in [-0.3, -0.25) is 0 Å². The van der Waals surface area contributed by atoms with Crippen LogP contribution >= 0.6 is 23.2 Å². The van der Waals surface area contributed by atoms with Crippen LogP contribution in [0.2, 0.25) is 10.0 Å². The maximum Gasteiger partial charge on any atom is 0.0986 e. The van der Waals surface area contributed by atoms with Crippen molar-refractivity contribution < 1.29 is 0 Å². The molecular formula is C14H14Cl2N2. The van der Waals surface area contributed by atoms with Crippen molar-refractivity contribution in [1.82, 2.24) is 9.55 Å². The summed E-state index contributed by atoms with van der Waals surface area (Å²) < 4.78 is 1.93. The minimum atomic E-state index is 0.655. The Bertz CT molecular complexity index is 545.